The smallest absolute Gasteiger partial charge is 0.246 e. The predicted molar refractivity (Wildman–Crippen MR) is 183 cm³/mol. The van der Waals surface area contributed by atoms with Crippen molar-refractivity contribution in [3.8, 4) is 0 Å². The van der Waals surface area contributed by atoms with Gasteiger partial charge in [-0.15, -0.1) is 0 Å². The second-order valence-electron chi connectivity index (χ2n) is 15.1. The van der Waals surface area contributed by atoms with Gasteiger partial charge in [-0.3, -0.25) is 10.2 Å². The molecule has 5 heteroatoms. The van der Waals surface area contributed by atoms with Crippen molar-refractivity contribution < 1.29 is 4.79 Å². The largest absolute Gasteiger partial charge is 0.332 e. The molecule has 2 saturated carbocycles. The highest BCUT2D eigenvalue weighted by Crippen LogP contribution is 2.43. The maximum absolute atomic E-state index is 14.4. The maximum atomic E-state index is 14.4. The third kappa shape index (κ3) is 7.58. The number of nitrogens with zero attached hydrogens (tertiary/aromatic N) is 1. The van der Waals surface area contributed by atoms with Crippen LogP contribution in [0.15, 0.2) is 24.3 Å². The normalized spacial score (nSPS) is 33.2. The number of thioether (sulfide) groups is 1. The molecule has 1 amide bonds. The summed E-state index contributed by atoms with van der Waals surface area (Å²) in [5.74, 6) is 3.82. The first kappa shape index (κ1) is 31.7. The average Bonchev–Trinajstić information content (AvgIpc) is 3.70. The predicted octanol–water partition coefficient (Wildman–Crippen LogP) is 8.48. The number of carbonyl (C=O) groups excluding carboxylic acids is 1. The van der Waals surface area contributed by atoms with Crippen molar-refractivity contribution >= 4 is 23.7 Å². The molecule has 1 aromatic rings. The van der Waals surface area contributed by atoms with Gasteiger partial charge in [0.25, 0.3) is 0 Å². The summed E-state index contributed by atoms with van der Waals surface area (Å²) in [6, 6.07) is 7.19. The Hall–Kier alpha value is -1.30. The number of hydrogen-bond donors (Lipinski definition) is 2. The van der Waals surface area contributed by atoms with E-state index in [1.807, 2.05) is 6.08 Å². The summed E-state index contributed by atoms with van der Waals surface area (Å²) in [5, 5.41) is 0.544. The molecule has 2 heterocycles. The van der Waals surface area contributed by atoms with Crippen LogP contribution in [0.1, 0.15) is 133 Å². The summed E-state index contributed by atoms with van der Waals surface area (Å²) in [6.45, 7) is 5.61. The second kappa shape index (κ2) is 14.9. The highest BCUT2D eigenvalue weighted by Gasteiger charge is 2.52. The van der Waals surface area contributed by atoms with Crippen molar-refractivity contribution in [3.05, 3.63) is 41.0 Å². The molecule has 4 nitrogen and oxygen atoms in total. The molecule has 0 radical (unpaired) electrons. The minimum Gasteiger partial charge on any atom is -0.332 e. The molecule has 5 unspecified atom stereocenters. The van der Waals surface area contributed by atoms with Crippen molar-refractivity contribution in [2.75, 3.05) is 12.3 Å². The number of carbonyl (C=O) groups is 1. The molecule has 5 atom stereocenters. The number of rotatable bonds is 7. The van der Waals surface area contributed by atoms with Gasteiger partial charge in [0.2, 0.25) is 5.91 Å². The van der Waals surface area contributed by atoms with Gasteiger partial charge in [-0.25, -0.2) is 5.43 Å². The molecule has 0 bridgehead atoms. The first-order chi connectivity index (χ1) is 21.0. The molecule has 3 aliphatic carbocycles. The van der Waals surface area contributed by atoms with E-state index in [4.69, 9.17) is 0 Å². The molecule has 238 valence electrons. The van der Waals surface area contributed by atoms with Gasteiger partial charge in [0.1, 0.15) is 0 Å². The van der Waals surface area contributed by atoms with E-state index in [-0.39, 0.29) is 23.5 Å². The lowest BCUT2D eigenvalue weighted by molar-refractivity contribution is -0.130. The Morgan fingerprint density at radius 2 is 1.58 bits per heavy atom. The third-order valence-corrected chi connectivity index (χ3v) is 13.5. The van der Waals surface area contributed by atoms with Crippen molar-refractivity contribution in [2.24, 2.45) is 17.8 Å². The molecular formula is C38H59N3OS. The summed E-state index contributed by atoms with van der Waals surface area (Å²) in [4.78, 5) is 16.7. The molecule has 2 aliphatic heterocycles. The van der Waals surface area contributed by atoms with Gasteiger partial charge in [-0.2, -0.15) is 11.8 Å². The van der Waals surface area contributed by atoms with E-state index < -0.39 is 0 Å². The van der Waals surface area contributed by atoms with Crippen LogP contribution in [0.3, 0.4) is 0 Å². The van der Waals surface area contributed by atoms with E-state index in [1.165, 1.54) is 138 Å². The first-order valence-electron chi connectivity index (χ1n) is 18.3. The molecule has 0 aromatic heterocycles. The van der Waals surface area contributed by atoms with Crippen molar-refractivity contribution in [3.63, 3.8) is 0 Å². The van der Waals surface area contributed by atoms with Crippen molar-refractivity contribution in [1.82, 2.24) is 15.8 Å². The van der Waals surface area contributed by atoms with E-state index in [0.29, 0.717) is 11.2 Å². The van der Waals surface area contributed by atoms with Crippen LogP contribution >= 0.6 is 11.8 Å². The number of hydrogen-bond acceptors (Lipinski definition) is 4. The molecule has 2 saturated heterocycles. The zero-order valence-electron chi connectivity index (χ0n) is 27.3. The minimum absolute atomic E-state index is 0.115. The monoisotopic (exact) mass is 605 g/mol. The topological polar surface area (TPSA) is 44.4 Å². The number of hydrazine groups is 1. The van der Waals surface area contributed by atoms with E-state index in [1.54, 1.807) is 0 Å². The van der Waals surface area contributed by atoms with Crippen LogP contribution in [-0.4, -0.2) is 46.0 Å². The van der Waals surface area contributed by atoms with Crippen LogP contribution < -0.4 is 10.9 Å². The standard InChI is InChI=1S/C38H59N3OS/c1-28-37(38(2,40-39-28)34-18-11-7-4-8-12-19-34)41(36(42)23-21-29-20-22-31-16-13-17-32(31)24-29)26-35-25-33(27-43-35)30-14-9-5-3-6-10-15-30/h20-24,28,30,33-35,37,39-40H,3-19,25-27H2,1-2H3/b23-21+. The molecule has 0 spiro atoms. The van der Waals surface area contributed by atoms with E-state index in [0.717, 1.165) is 18.4 Å². The Morgan fingerprint density at radius 1 is 0.907 bits per heavy atom. The Labute approximate surface area is 267 Å². The molecular weight excluding hydrogens is 547 g/mol. The van der Waals surface area contributed by atoms with Gasteiger partial charge in [0.15, 0.2) is 0 Å². The molecule has 5 aliphatic rings. The Balaban J connectivity index is 1.22. The maximum Gasteiger partial charge on any atom is 0.246 e. The number of benzene rings is 1. The van der Waals surface area contributed by atoms with Gasteiger partial charge < -0.3 is 4.90 Å². The average molecular weight is 606 g/mol. The van der Waals surface area contributed by atoms with E-state index in [9.17, 15) is 4.79 Å². The second-order valence-corrected chi connectivity index (χ2v) is 16.4. The fraction of sp³-hybridized carbons (Fsp3) is 0.763. The van der Waals surface area contributed by atoms with Crippen LogP contribution in [-0.2, 0) is 17.6 Å². The van der Waals surface area contributed by atoms with Gasteiger partial charge in [0, 0.05) is 23.9 Å². The zero-order chi connectivity index (χ0) is 29.6. The Kier molecular flexibility index (Phi) is 10.9. The van der Waals surface area contributed by atoms with Crippen molar-refractivity contribution in [2.45, 2.75) is 152 Å². The lowest BCUT2D eigenvalue weighted by atomic mass is 9.72. The van der Waals surface area contributed by atoms with Crippen LogP contribution in [0.2, 0.25) is 0 Å². The molecule has 1 aromatic carbocycles. The number of fused-ring (bicyclic) bond motifs is 1. The van der Waals surface area contributed by atoms with Crippen LogP contribution in [0.25, 0.3) is 6.08 Å². The lowest BCUT2D eigenvalue weighted by Crippen LogP contribution is -2.61. The third-order valence-electron chi connectivity index (χ3n) is 12.1. The van der Waals surface area contributed by atoms with E-state index in [2.05, 4.69) is 65.6 Å². The SMILES string of the molecule is CC1NNC(C)(C2CCCCCCC2)C1N(CC1CC(C2CCCCCCC2)CS1)C(=O)/C=C/c1ccc2c(c1)CCC2. The highest BCUT2D eigenvalue weighted by atomic mass is 32.2. The Bertz CT molecular complexity index is 1090. The van der Waals surface area contributed by atoms with Gasteiger partial charge in [-0.1, -0.05) is 95.2 Å². The Morgan fingerprint density at radius 3 is 2.33 bits per heavy atom. The molecule has 43 heavy (non-hydrogen) atoms. The number of aryl methyl sites for hydroxylation is 2. The zero-order valence-corrected chi connectivity index (χ0v) is 28.1. The summed E-state index contributed by atoms with van der Waals surface area (Å²) < 4.78 is 0. The first-order valence-corrected chi connectivity index (χ1v) is 19.3. The lowest BCUT2D eigenvalue weighted by Gasteiger charge is -2.45. The summed E-state index contributed by atoms with van der Waals surface area (Å²) in [7, 11) is 0. The van der Waals surface area contributed by atoms with Gasteiger partial charge in [-0.05, 0) is 98.6 Å². The van der Waals surface area contributed by atoms with Gasteiger partial charge in [0.05, 0.1) is 11.6 Å². The fourth-order valence-electron chi connectivity index (χ4n) is 9.60. The molecule has 6 rings (SSSR count). The van der Waals surface area contributed by atoms with Crippen LogP contribution in [0.5, 0.6) is 0 Å². The number of amides is 1. The number of nitrogens with one attached hydrogen (secondary N) is 2. The van der Waals surface area contributed by atoms with Crippen LogP contribution in [0.4, 0.5) is 0 Å². The van der Waals surface area contributed by atoms with Crippen molar-refractivity contribution in [1.29, 1.82) is 0 Å². The highest BCUT2D eigenvalue weighted by molar-refractivity contribution is 8.00. The van der Waals surface area contributed by atoms with Crippen LogP contribution in [0, 0.1) is 17.8 Å². The minimum atomic E-state index is -0.115. The summed E-state index contributed by atoms with van der Waals surface area (Å²) in [5.41, 5.74) is 11.5. The summed E-state index contributed by atoms with van der Waals surface area (Å²) in [6.07, 6.45) is 28.2. The van der Waals surface area contributed by atoms with Gasteiger partial charge >= 0.3 is 0 Å². The molecule has 2 N–H and O–H groups in total. The van der Waals surface area contributed by atoms with E-state index >= 15 is 0 Å². The summed E-state index contributed by atoms with van der Waals surface area (Å²) >= 11 is 2.17. The fourth-order valence-corrected chi connectivity index (χ4v) is 11.2. The molecule has 4 fully saturated rings. The quantitative estimate of drug-likeness (QED) is 0.306.